The molecular formula is C14H24N4O. The third kappa shape index (κ3) is 4.87. The standard InChI is InChI=1S/C14H24N4O/c1-4-5-6-18(10-13(15)19)14-11(2)7-12(8-16-3)9-17-14/h7,9,16H,4-6,8,10H2,1-3H3,(H2,15,19). The number of aryl methyl sites for hydroxylation is 1. The third-order valence-corrected chi connectivity index (χ3v) is 2.92. The molecule has 1 aromatic rings. The van der Waals surface area contributed by atoms with E-state index in [1.54, 1.807) is 0 Å². The average molecular weight is 264 g/mol. The maximum Gasteiger partial charge on any atom is 0.236 e. The van der Waals surface area contributed by atoms with Gasteiger partial charge < -0.3 is 16.0 Å². The lowest BCUT2D eigenvalue weighted by molar-refractivity contribution is -0.116. The molecule has 0 saturated heterocycles. The number of carbonyl (C=O) groups excluding carboxylic acids is 1. The van der Waals surface area contributed by atoms with E-state index in [1.165, 1.54) is 0 Å². The summed E-state index contributed by atoms with van der Waals surface area (Å²) in [6.07, 6.45) is 3.94. The Bertz CT molecular complexity index is 420. The number of nitrogens with zero attached hydrogens (tertiary/aromatic N) is 2. The Kier molecular flexibility index (Phi) is 6.29. The molecular weight excluding hydrogens is 240 g/mol. The van der Waals surface area contributed by atoms with Gasteiger partial charge in [-0.15, -0.1) is 0 Å². The number of hydrogen-bond donors (Lipinski definition) is 2. The van der Waals surface area contributed by atoms with Crippen molar-refractivity contribution in [2.75, 3.05) is 25.0 Å². The first kappa shape index (κ1) is 15.4. The van der Waals surface area contributed by atoms with Gasteiger partial charge in [0.25, 0.3) is 0 Å². The first-order valence-corrected chi connectivity index (χ1v) is 6.71. The summed E-state index contributed by atoms with van der Waals surface area (Å²) in [6, 6.07) is 2.10. The van der Waals surface area contributed by atoms with Gasteiger partial charge in [0.05, 0.1) is 6.54 Å². The summed E-state index contributed by atoms with van der Waals surface area (Å²) in [5.74, 6) is 0.531. The molecule has 0 radical (unpaired) electrons. The fourth-order valence-electron chi connectivity index (χ4n) is 2.05. The lowest BCUT2D eigenvalue weighted by Gasteiger charge is -2.24. The number of primary amides is 1. The molecule has 0 aliphatic rings. The van der Waals surface area contributed by atoms with Gasteiger partial charge in [0.2, 0.25) is 5.91 Å². The highest BCUT2D eigenvalue weighted by molar-refractivity contribution is 5.79. The van der Waals surface area contributed by atoms with Gasteiger partial charge in [0, 0.05) is 19.3 Å². The maximum atomic E-state index is 11.2. The highest BCUT2D eigenvalue weighted by Crippen LogP contribution is 2.18. The molecule has 1 heterocycles. The van der Waals surface area contributed by atoms with Crippen molar-refractivity contribution in [3.8, 4) is 0 Å². The first-order valence-electron chi connectivity index (χ1n) is 6.71. The van der Waals surface area contributed by atoms with E-state index in [2.05, 4.69) is 23.3 Å². The predicted molar refractivity (Wildman–Crippen MR) is 78.1 cm³/mol. The SMILES string of the molecule is CCCCN(CC(N)=O)c1ncc(CNC)cc1C. The van der Waals surface area contributed by atoms with E-state index in [0.717, 1.165) is 42.9 Å². The molecule has 5 heteroatoms. The minimum absolute atomic E-state index is 0.221. The van der Waals surface area contributed by atoms with Gasteiger partial charge >= 0.3 is 0 Å². The molecule has 1 aromatic heterocycles. The first-order chi connectivity index (χ1) is 9.08. The van der Waals surface area contributed by atoms with Crippen LogP contribution in [0.5, 0.6) is 0 Å². The second-order valence-electron chi connectivity index (χ2n) is 4.76. The summed E-state index contributed by atoms with van der Waals surface area (Å²) in [4.78, 5) is 17.6. The zero-order valence-corrected chi connectivity index (χ0v) is 12.1. The number of nitrogens with two attached hydrogens (primary N) is 1. The zero-order chi connectivity index (χ0) is 14.3. The predicted octanol–water partition coefficient (Wildman–Crippen LogP) is 1.20. The lowest BCUT2D eigenvalue weighted by Crippen LogP contribution is -2.35. The Morgan fingerprint density at radius 3 is 2.79 bits per heavy atom. The van der Waals surface area contributed by atoms with E-state index < -0.39 is 0 Å². The maximum absolute atomic E-state index is 11.2. The molecule has 0 aliphatic heterocycles. The number of hydrogen-bond acceptors (Lipinski definition) is 4. The van der Waals surface area contributed by atoms with Crippen molar-refractivity contribution >= 4 is 11.7 Å². The van der Waals surface area contributed by atoms with Crippen LogP contribution in [0.15, 0.2) is 12.3 Å². The number of pyridine rings is 1. The number of rotatable bonds is 8. The largest absolute Gasteiger partial charge is 0.368 e. The molecule has 0 aromatic carbocycles. The van der Waals surface area contributed by atoms with Crippen molar-refractivity contribution in [2.45, 2.75) is 33.2 Å². The summed E-state index contributed by atoms with van der Waals surface area (Å²) in [7, 11) is 1.91. The van der Waals surface area contributed by atoms with Gasteiger partial charge in [-0.3, -0.25) is 4.79 Å². The summed E-state index contributed by atoms with van der Waals surface area (Å²) >= 11 is 0. The second kappa shape index (κ2) is 7.74. The van der Waals surface area contributed by atoms with Crippen LogP contribution >= 0.6 is 0 Å². The Labute approximate surface area is 115 Å². The highest BCUT2D eigenvalue weighted by Gasteiger charge is 2.13. The van der Waals surface area contributed by atoms with Crippen LogP contribution in [0, 0.1) is 6.92 Å². The van der Waals surface area contributed by atoms with Gasteiger partial charge in [-0.1, -0.05) is 13.3 Å². The van der Waals surface area contributed by atoms with Crippen LogP contribution in [0.2, 0.25) is 0 Å². The summed E-state index contributed by atoms with van der Waals surface area (Å²) in [5, 5.41) is 3.10. The van der Waals surface area contributed by atoms with E-state index >= 15 is 0 Å². The molecule has 0 bridgehead atoms. The van der Waals surface area contributed by atoms with E-state index in [9.17, 15) is 4.79 Å². The molecule has 0 atom stereocenters. The average Bonchev–Trinajstić information content (AvgIpc) is 2.35. The van der Waals surface area contributed by atoms with Crippen LogP contribution in [0.4, 0.5) is 5.82 Å². The topological polar surface area (TPSA) is 71.2 Å². The van der Waals surface area contributed by atoms with Gasteiger partial charge in [-0.05, 0) is 37.6 Å². The Balaban J connectivity index is 2.90. The second-order valence-corrected chi connectivity index (χ2v) is 4.76. The zero-order valence-electron chi connectivity index (χ0n) is 12.1. The summed E-state index contributed by atoms with van der Waals surface area (Å²) < 4.78 is 0. The summed E-state index contributed by atoms with van der Waals surface area (Å²) in [6.45, 7) is 5.96. The Morgan fingerprint density at radius 2 is 2.26 bits per heavy atom. The van der Waals surface area contributed by atoms with Gasteiger partial charge in [-0.25, -0.2) is 4.98 Å². The monoisotopic (exact) mass is 264 g/mol. The van der Waals surface area contributed by atoms with Crippen molar-refractivity contribution in [1.82, 2.24) is 10.3 Å². The molecule has 1 amide bonds. The molecule has 19 heavy (non-hydrogen) atoms. The van der Waals surface area contributed by atoms with Crippen LogP contribution in [-0.2, 0) is 11.3 Å². The van der Waals surface area contributed by atoms with Crippen molar-refractivity contribution in [1.29, 1.82) is 0 Å². The molecule has 5 nitrogen and oxygen atoms in total. The smallest absolute Gasteiger partial charge is 0.236 e. The van der Waals surface area contributed by atoms with Crippen LogP contribution in [0.1, 0.15) is 30.9 Å². The Hall–Kier alpha value is -1.62. The van der Waals surface area contributed by atoms with E-state index in [4.69, 9.17) is 5.73 Å². The molecule has 0 fully saturated rings. The minimum Gasteiger partial charge on any atom is -0.368 e. The van der Waals surface area contributed by atoms with Crippen molar-refractivity contribution in [2.24, 2.45) is 5.73 Å². The quantitative estimate of drug-likeness (QED) is 0.740. The van der Waals surface area contributed by atoms with E-state index in [-0.39, 0.29) is 12.5 Å². The number of amides is 1. The van der Waals surface area contributed by atoms with Gasteiger partial charge in [0.1, 0.15) is 5.82 Å². The number of anilines is 1. The summed E-state index contributed by atoms with van der Waals surface area (Å²) in [5.41, 5.74) is 7.52. The normalized spacial score (nSPS) is 10.5. The Morgan fingerprint density at radius 1 is 1.53 bits per heavy atom. The number of unbranched alkanes of at least 4 members (excludes halogenated alkanes) is 1. The molecule has 0 spiro atoms. The van der Waals surface area contributed by atoms with Crippen LogP contribution < -0.4 is 16.0 Å². The van der Waals surface area contributed by atoms with Gasteiger partial charge in [0.15, 0.2) is 0 Å². The fraction of sp³-hybridized carbons (Fsp3) is 0.571. The molecule has 0 aliphatic carbocycles. The van der Waals surface area contributed by atoms with Crippen molar-refractivity contribution < 1.29 is 4.79 Å². The molecule has 0 unspecified atom stereocenters. The fourth-order valence-corrected chi connectivity index (χ4v) is 2.05. The van der Waals surface area contributed by atoms with E-state index in [1.807, 2.05) is 25.1 Å². The minimum atomic E-state index is -0.323. The van der Waals surface area contributed by atoms with Crippen LogP contribution in [-0.4, -0.2) is 31.0 Å². The van der Waals surface area contributed by atoms with Crippen LogP contribution in [0.3, 0.4) is 0 Å². The molecule has 1 rings (SSSR count). The van der Waals surface area contributed by atoms with Crippen molar-refractivity contribution in [3.05, 3.63) is 23.4 Å². The molecule has 0 saturated carbocycles. The number of nitrogens with one attached hydrogen (secondary N) is 1. The molecule has 3 N–H and O–H groups in total. The number of aromatic nitrogens is 1. The van der Waals surface area contributed by atoms with Gasteiger partial charge in [-0.2, -0.15) is 0 Å². The van der Waals surface area contributed by atoms with Crippen molar-refractivity contribution in [3.63, 3.8) is 0 Å². The highest BCUT2D eigenvalue weighted by atomic mass is 16.1. The number of carbonyl (C=O) groups is 1. The molecule has 106 valence electrons. The lowest BCUT2D eigenvalue weighted by atomic mass is 10.2. The third-order valence-electron chi connectivity index (χ3n) is 2.92. The van der Waals surface area contributed by atoms with Crippen LogP contribution in [0.25, 0.3) is 0 Å². The van der Waals surface area contributed by atoms with E-state index in [0.29, 0.717) is 0 Å².